The van der Waals surface area contributed by atoms with Gasteiger partial charge in [0.05, 0.1) is 0 Å². The molecular formula is C9H8N2O2. The van der Waals surface area contributed by atoms with E-state index < -0.39 is 5.97 Å². The summed E-state index contributed by atoms with van der Waals surface area (Å²) in [5.41, 5.74) is 4.40. The minimum absolute atomic E-state index is 0.466. The van der Waals surface area contributed by atoms with Gasteiger partial charge < -0.3 is 4.74 Å². The Bertz CT molecular complexity index is 338. The molecule has 0 unspecified atom stereocenters. The van der Waals surface area contributed by atoms with E-state index in [1.54, 1.807) is 12.1 Å². The fourth-order valence-electron chi connectivity index (χ4n) is 0.657. The van der Waals surface area contributed by atoms with Crippen molar-refractivity contribution in [3.05, 3.63) is 40.7 Å². The summed E-state index contributed by atoms with van der Waals surface area (Å²) in [4.78, 5) is 13.7. The summed E-state index contributed by atoms with van der Waals surface area (Å²) in [7, 11) is 0. The molecule has 0 radical (unpaired) electrons. The topological polar surface area (TPSA) is 44.8 Å². The van der Waals surface area contributed by atoms with Crippen LogP contribution in [0.4, 0.5) is 5.69 Å². The molecule has 0 aliphatic rings. The molecule has 0 fully saturated rings. The highest BCUT2D eigenvalue weighted by Crippen LogP contribution is 2.16. The number of hydrogen-bond acceptors (Lipinski definition) is 2. The van der Waals surface area contributed by atoms with Gasteiger partial charge in [0.25, 0.3) is 0 Å². The maximum absolute atomic E-state index is 10.3. The Morgan fingerprint density at radius 2 is 2.15 bits per heavy atom. The second-order valence-electron chi connectivity index (χ2n) is 2.22. The number of rotatable bonds is 1. The molecule has 0 spiro atoms. The molecule has 4 nitrogen and oxygen atoms in total. The number of carbonyl (C=O) groups excluding carboxylic acids is 1. The zero-order valence-corrected chi connectivity index (χ0v) is 7.10. The highest BCUT2D eigenvalue weighted by molar-refractivity contribution is 5.67. The standard InChI is InChI=1S/C9H8N2O2/c1-8(12)13-7-10-11-9-5-3-2-4-6-9/h2-6H,1H3. The third-order valence-electron chi connectivity index (χ3n) is 1.15. The normalized spacial score (nSPS) is 8.08. The lowest BCUT2D eigenvalue weighted by molar-refractivity contribution is -0.134. The van der Waals surface area contributed by atoms with Gasteiger partial charge in [-0.05, 0) is 4.95 Å². The zero-order chi connectivity index (χ0) is 9.52. The average molecular weight is 176 g/mol. The van der Waals surface area contributed by atoms with Gasteiger partial charge in [-0.3, -0.25) is 10.2 Å². The number of hydrogen-bond donors (Lipinski definition) is 0. The van der Waals surface area contributed by atoms with Gasteiger partial charge >= 0.3 is 12.2 Å². The quantitative estimate of drug-likeness (QED) is 0.375. The molecule has 1 rings (SSSR count). The Hall–Kier alpha value is -2.02. The van der Waals surface area contributed by atoms with Gasteiger partial charge in [0.2, 0.25) is 0 Å². The maximum Gasteiger partial charge on any atom is 0.521 e. The number of carbonyl (C=O) groups is 1. The van der Waals surface area contributed by atoms with Crippen LogP contribution >= 0.6 is 0 Å². The van der Waals surface area contributed by atoms with Crippen molar-refractivity contribution in [2.45, 2.75) is 6.92 Å². The monoisotopic (exact) mass is 176 g/mol. The largest absolute Gasteiger partial charge is 0.521 e. The maximum atomic E-state index is 10.3. The Balaban J connectivity index is 2.42. The van der Waals surface area contributed by atoms with E-state index in [1.807, 2.05) is 24.5 Å². The second kappa shape index (κ2) is 4.78. The van der Waals surface area contributed by atoms with Crippen LogP contribution < -0.4 is 0 Å². The summed E-state index contributed by atoms with van der Waals surface area (Å²) >= 11 is 0. The number of benzene rings is 1. The third kappa shape index (κ3) is 3.77. The van der Waals surface area contributed by atoms with Gasteiger partial charge in [0.1, 0.15) is 0 Å². The van der Waals surface area contributed by atoms with Crippen molar-refractivity contribution in [3.8, 4) is 6.26 Å². The number of esters is 1. The van der Waals surface area contributed by atoms with Gasteiger partial charge in [-0.15, -0.1) is 0 Å². The van der Waals surface area contributed by atoms with Crippen LogP contribution in [0.1, 0.15) is 6.92 Å². The molecule has 0 aliphatic heterocycles. The smallest absolute Gasteiger partial charge is 0.317 e. The van der Waals surface area contributed by atoms with Crippen molar-refractivity contribution in [1.29, 1.82) is 0 Å². The molecule has 0 N–H and O–H groups in total. The molecule has 0 amide bonds. The minimum atomic E-state index is -0.466. The first-order chi connectivity index (χ1) is 6.29. The van der Waals surface area contributed by atoms with Gasteiger partial charge in [-0.25, -0.2) is 0 Å². The van der Waals surface area contributed by atoms with Crippen LogP contribution in [-0.2, 0) is 9.53 Å². The molecule has 66 valence electrons. The van der Waals surface area contributed by atoms with E-state index >= 15 is 0 Å². The summed E-state index contributed by atoms with van der Waals surface area (Å²) in [6.07, 6.45) is 2.04. The highest BCUT2D eigenvalue weighted by Gasteiger charge is 1.89. The lowest BCUT2D eigenvalue weighted by Crippen LogP contribution is -1.88. The molecule has 1 aromatic rings. The molecule has 0 saturated carbocycles. The predicted molar refractivity (Wildman–Crippen MR) is 48.5 cm³/mol. The van der Waals surface area contributed by atoms with Gasteiger partial charge in [0, 0.05) is 6.92 Å². The van der Waals surface area contributed by atoms with Crippen molar-refractivity contribution in [2.75, 3.05) is 0 Å². The van der Waals surface area contributed by atoms with Gasteiger partial charge in [-0.2, -0.15) is 0 Å². The van der Waals surface area contributed by atoms with E-state index in [0.717, 1.165) is 0 Å². The van der Waals surface area contributed by atoms with E-state index in [2.05, 4.69) is 15.1 Å². The highest BCUT2D eigenvalue weighted by atomic mass is 16.5. The molecule has 13 heavy (non-hydrogen) atoms. The molecule has 0 bridgehead atoms. The fraction of sp³-hybridized carbons (Fsp3) is 0.111. The minimum Gasteiger partial charge on any atom is -0.317 e. The van der Waals surface area contributed by atoms with E-state index in [1.165, 1.54) is 6.92 Å². The summed E-state index contributed by atoms with van der Waals surface area (Å²) < 4.78 is 4.31. The number of ether oxygens (including phenoxy) is 1. The van der Waals surface area contributed by atoms with E-state index in [0.29, 0.717) is 5.69 Å². The lowest BCUT2D eigenvalue weighted by Gasteiger charge is -1.97. The molecule has 1 aromatic carbocycles. The Morgan fingerprint density at radius 1 is 1.46 bits per heavy atom. The van der Waals surface area contributed by atoms with Gasteiger partial charge in [0.15, 0.2) is 0 Å². The van der Waals surface area contributed by atoms with E-state index in [9.17, 15) is 4.79 Å². The van der Waals surface area contributed by atoms with E-state index in [-0.39, 0.29) is 0 Å². The van der Waals surface area contributed by atoms with Crippen molar-refractivity contribution >= 4 is 11.7 Å². The van der Waals surface area contributed by atoms with Crippen molar-refractivity contribution in [1.82, 2.24) is 0 Å². The third-order valence-corrected chi connectivity index (χ3v) is 1.15. The van der Waals surface area contributed by atoms with Gasteiger partial charge in [-0.1, -0.05) is 36.0 Å². The van der Waals surface area contributed by atoms with Crippen molar-refractivity contribution in [2.24, 2.45) is 0 Å². The first-order valence-electron chi connectivity index (χ1n) is 3.67. The van der Waals surface area contributed by atoms with Crippen LogP contribution in [0.3, 0.4) is 0 Å². The molecule has 0 heterocycles. The van der Waals surface area contributed by atoms with Crippen LogP contribution in [-0.4, -0.2) is 5.97 Å². The zero-order valence-electron chi connectivity index (χ0n) is 7.10. The first-order valence-corrected chi connectivity index (χ1v) is 3.67. The van der Waals surface area contributed by atoms with Crippen LogP contribution in [0.15, 0.2) is 30.3 Å². The predicted octanol–water partition coefficient (Wildman–Crippen LogP) is 2.46. The van der Waals surface area contributed by atoms with Crippen LogP contribution in [0, 0.1) is 6.26 Å². The van der Waals surface area contributed by atoms with Crippen molar-refractivity contribution in [3.63, 3.8) is 0 Å². The Labute approximate surface area is 75.9 Å². The summed E-state index contributed by atoms with van der Waals surface area (Å²) in [6.45, 7) is 1.27. The van der Waals surface area contributed by atoms with E-state index in [4.69, 9.17) is 0 Å². The number of nitrogens with zero attached hydrogens (tertiary/aromatic N) is 2. The summed E-state index contributed by atoms with van der Waals surface area (Å²) in [5.74, 6) is -0.466. The molecule has 0 aliphatic carbocycles. The van der Waals surface area contributed by atoms with Crippen molar-refractivity contribution < 1.29 is 9.53 Å². The first kappa shape index (κ1) is 9.07. The molecule has 0 atom stereocenters. The lowest BCUT2D eigenvalue weighted by atomic mass is 10.3. The second-order valence-corrected chi connectivity index (χ2v) is 2.22. The molecule has 0 saturated heterocycles. The average Bonchev–Trinajstić information content (AvgIpc) is 2.14. The molecular weight excluding hydrogens is 168 g/mol. The van der Waals surface area contributed by atoms with Crippen LogP contribution in [0.5, 0.6) is 0 Å². The Kier molecular flexibility index (Phi) is 3.33. The fourth-order valence-corrected chi connectivity index (χ4v) is 0.657. The van der Waals surface area contributed by atoms with Crippen LogP contribution in [0.25, 0.3) is 10.4 Å². The summed E-state index contributed by atoms with van der Waals surface area (Å²) in [5, 5.41) is 0. The summed E-state index contributed by atoms with van der Waals surface area (Å²) in [6, 6.07) is 9.09. The molecule has 0 aromatic heterocycles. The Morgan fingerprint density at radius 3 is 2.77 bits per heavy atom. The SMILES string of the molecule is CC(=O)OC#[N+][N-]c1ccccc1. The molecule has 4 heteroatoms. The van der Waals surface area contributed by atoms with Crippen LogP contribution in [0.2, 0.25) is 0 Å².